The average molecular weight is 413 g/mol. The maximum Gasteiger partial charge on any atom is 0.231 e. The highest BCUT2D eigenvalue weighted by Gasteiger charge is 2.27. The number of anilines is 1. The van der Waals surface area contributed by atoms with Gasteiger partial charge in [0.1, 0.15) is 5.82 Å². The van der Waals surface area contributed by atoms with E-state index in [4.69, 9.17) is 9.47 Å². The van der Waals surface area contributed by atoms with Crippen LogP contribution in [0.25, 0.3) is 10.2 Å². The van der Waals surface area contributed by atoms with Crippen LogP contribution in [-0.4, -0.2) is 30.8 Å². The smallest absolute Gasteiger partial charge is 0.231 e. The van der Waals surface area contributed by atoms with Crippen LogP contribution in [0.2, 0.25) is 0 Å². The van der Waals surface area contributed by atoms with E-state index in [2.05, 4.69) is 15.2 Å². The second-order valence-electron chi connectivity index (χ2n) is 7.30. The zero-order valence-corrected chi connectivity index (χ0v) is 16.5. The highest BCUT2D eigenvalue weighted by molar-refractivity contribution is 7.22. The Kier molecular flexibility index (Phi) is 4.71. The van der Waals surface area contributed by atoms with E-state index >= 15 is 0 Å². The first-order chi connectivity index (χ1) is 14.2. The van der Waals surface area contributed by atoms with Gasteiger partial charge in [-0.05, 0) is 48.7 Å². The lowest BCUT2D eigenvalue weighted by Gasteiger charge is -2.31. The number of amides is 1. The molecule has 1 atom stereocenters. The second kappa shape index (κ2) is 7.51. The van der Waals surface area contributed by atoms with Gasteiger partial charge in [0.05, 0.1) is 16.1 Å². The third-order valence-electron chi connectivity index (χ3n) is 5.31. The van der Waals surface area contributed by atoms with Crippen LogP contribution in [0.1, 0.15) is 18.4 Å². The Morgan fingerprint density at radius 2 is 2.14 bits per heavy atom. The molecule has 2 aromatic carbocycles. The molecule has 2 aliphatic heterocycles. The highest BCUT2D eigenvalue weighted by atomic mass is 32.1. The summed E-state index contributed by atoms with van der Waals surface area (Å²) in [4.78, 5) is 19.5. The van der Waals surface area contributed by atoms with Crippen LogP contribution in [-0.2, 0) is 11.3 Å². The minimum absolute atomic E-state index is 0.0412. The first kappa shape index (κ1) is 18.2. The van der Waals surface area contributed by atoms with Gasteiger partial charge in [0.2, 0.25) is 12.7 Å². The van der Waals surface area contributed by atoms with Gasteiger partial charge >= 0.3 is 0 Å². The van der Waals surface area contributed by atoms with Gasteiger partial charge in [-0.2, -0.15) is 0 Å². The molecule has 0 radical (unpaired) electrons. The predicted octanol–water partition coefficient (Wildman–Crippen LogP) is 3.70. The maximum atomic E-state index is 13.5. The lowest BCUT2D eigenvalue weighted by atomic mass is 9.97. The van der Waals surface area contributed by atoms with Gasteiger partial charge in [0, 0.05) is 19.6 Å². The molecule has 29 heavy (non-hydrogen) atoms. The molecule has 2 aliphatic rings. The van der Waals surface area contributed by atoms with Crippen molar-refractivity contribution in [2.75, 3.05) is 24.8 Å². The number of carbonyl (C=O) groups excluding carboxylic acids is 1. The first-order valence-corrected chi connectivity index (χ1v) is 10.4. The van der Waals surface area contributed by atoms with Gasteiger partial charge in [-0.15, -0.1) is 0 Å². The van der Waals surface area contributed by atoms with Crippen LogP contribution >= 0.6 is 11.3 Å². The van der Waals surface area contributed by atoms with Gasteiger partial charge in [-0.1, -0.05) is 17.4 Å². The number of hydrogen-bond acceptors (Lipinski definition) is 6. The lowest BCUT2D eigenvalue weighted by molar-refractivity contribution is -0.125. The number of ether oxygens (including phenoxy) is 2. The Balaban J connectivity index is 1.23. The molecule has 6 nitrogen and oxygen atoms in total. The monoisotopic (exact) mass is 413 g/mol. The Hall–Kier alpha value is -2.87. The molecule has 1 unspecified atom stereocenters. The zero-order valence-electron chi connectivity index (χ0n) is 15.7. The van der Waals surface area contributed by atoms with E-state index in [0.717, 1.165) is 46.0 Å². The molecule has 1 fully saturated rings. The summed E-state index contributed by atoms with van der Waals surface area (Å²) in [6.45, 7) is 2.16. The van der Waals surface area contributed by atoms with Crippen molar-refractivity contribution < 1.29 is 18.7 Å². The number of nitrogens with one attached hydrogen (secondary N) is 1. The van der Waals surface area contributed by atoms with Crippen LogP contribution in [0.3, 0.4) is 0 Å². The van der Waals surface area contributed by atoms with Crippen molar-refractivity contribution in [1.29, 1.82) is 0 Å². The molecule has 1 aromatic heterocycles. The Morgan fingerprint density at radius 3 is 3.07 bits per heavy atom. The van der Waals surface area contributed by atoms with Crippen LogP contribution < -0.4 is 19.7 Å². The molecule has 0 bridgehead atoms. The fraction of sp³-hybridized carbons (Fsp3) is 0.333. The molecule has 0 spiro atoms. The largest absolute Gasteiger partial charge is 0.454 e. The fourth-order valence-corrected chi connectivity index (χ4v) is 4.80. The summed E-state index contributed by atoms with van der Waals surface area (Å²) >= 11 is 1.47. The van der Waals surface area contributed by atoms with E-state index in [9.17, 15) is 9.18 Å². The molecule has 5 rings (SSSR count). The van der Waals surface area contributed by atoms with Crippen molar-refractivity contribution in [2.45, 2.75) is 19.4 Å². The molecule has 1 amide bonds. The number of hydrogen-bond donors (Lipinski definition) is 1. The van der Waals surface area contributed by atoms with Crippen LogP contribution in [0.5, 0.6) is 11.5 Å². The first-order valence-electron chi connectivity index (χ1n) is 9.63. The standard InChI is InChI=1S/C21H20FN3O3S/c22-15-4-5-16-19(9-15)29-21(24-16)25-7-1-2-14(11-25)20(26)23-10-13-3-6-17-18(8-13)28-12-27-17/h3-6,8-9,14H,1-2,7,10-12H2,(H,23,26). The zero-order chi connectivity index (χ0) is 19.8. The Morgan fingerprint density at radius 1 is 1.24 bits per heavy atom. The normalized spacial score (nSPS) is 18.2. The van der Waals surface area contributed by atoms with E-state index in [1.54, 1.807) is 6.07 Å². The molecule has 3 heterocycles. The number of rotatable bonds is 4. The molecule has 0 aliphatic carbocycles. The van der Waals surface area contributed by atoms with Crippen molar-refractivity contribution in [3.05, 3.63) is 47.8 Å². The van der Waals surface area contributed by atoms with E-state index in [0.29, 0.717) is 18.8 Å². The van der Waals surface area contributed by atoms with E-state index in [1.165, 1.54) is 23.5 Å². The van der Waals surface area contributed by atoms with E-state index in [1.807, 2.05) is 18.2 Å². The minimum atomic E-state index is -0.257. The minimum Gasteiger partial charge on any atom is -0.454 e. The average Bonchev–Trinajstić information content (AvgIpc) is 3.38. The topological polar surface area (TPSA) is 63.7 Å². The summed E-state index contributed by atoms with van der Waals surface area (Å²) in [6.07, 6.45) is 1.77. The summed E-state index contributed by atoms with van der Waals surface area (Å²) in [5.41, 5.74) is 1.77. The third kappa shape index (κ3) is 3.72. The molecule has 150 valence electrons. The molecular weight excluding hydrogens is 393 g/mol. The number of nitrogens with zero attached hydrogens (tertiary/aromatic N) is 2. The van der Waals surface area contributed by atoms with Gasteiger partial charge < -0.3 is 19.7 Å². The molecular formula is C21H20FN3O3S. The van der Waals surface area contributed by atoms with Crippen LogP contribution in [0, 0.1) is 11.7 Å². The predicted molar refractivity (Wildman–Crippen MR) is 109 cm³/mol. The highest BCUT2D eigenvalue weighted by Crippen LogP contribution is 2.33. The number of piperidine rings is 1. The number of fused-ring (bicyclic) bond motifs is 2. The van der Waals surface area contributed by atoms with Crippen LogP contribution in [0.15, 0.2) is 36.4 Å². The maximum absolute atomic E-state index is 13.5. The van der Waals surface area contributed by atoms with Crippen molar-refractivity contribution in [3.63, 3.8) is 0 Å². The fourth-order valence-electron chi connectivity index (χ4n) is 3.77. The van der Waals surface area contributed by atoms with Crippen molar-refractivity contribution >= 4 is 32.6 Å². The van der Waals surface area contributed by atoms with Gasteiger partial charge in [-0.25, -0.2) is 9.37 Å². The Labute approximate surface area is 171 Å². The molecule has 1 N–H and O–H groups in total. The molecule has 0 saturated carbocycles. The Bertz CT molecular complexity index is 1070. The number of benzene rings is 2. The van der Waals surface area contributed by atoms with E-state index in [-0.39, 0.29) is 24.4 Å². The second-order valence-corrected chi connectivity index (χ2v) is 8.31. The molecule has 1 saturated heterocycles. The van der Waals surface area contributed by atoms with Gasteiger partial charge in [0.25, 0.3) is 0 Å². The number of aromatic nitrogens is 1. The van der Waals surface area contributed by atoms with Gasteiger partial charge in [-0.3, -0.25) is 4.79 Å². The van der Waals surface area contributed by atoms with E-state index < -0.39 is 0 Å². The summed E-state index contributed by atoms with van der Waals surface area (Å²) in [5, 5.41) is 3.88. The number of halogens is 1. The van der Waals surface area contributed by atoms with Gasteiger partial charge in [0.15, 0.2) is 16.6 Å². The molecule has 3 aromatic rings. The third-order valence-corrected chi connectivity index (χ3v) is 6.38. The van der Waals surface area contributed by atoms with Crippen LogP contribution in [0.4, 0.5) is 9.52 Å². The molecule has 8 heteroatoms. The number of thiazole rings is 1. The lowest BCUT2D eigenvalue weighted by Crippen LogP contribution is -2.42. The summed E-state index contributed by atoms with van der Waals surface area (Å²) in [6, 6.07) is 10.3. The van der Waals surface area contributed by atoms with Crippen molar-refractivity contribution in [3.8, 4) is 11.5 Å². The van der Waals surface area contributed by atoms with Crippen molar-refractivity contribution in [2.24, 2.45) is 5.92 Å². The summed E-state index contributed by atoms with van der Waals surface area (Å²) in [5.74, 6) is 1.14. The quantitative estimate of drug-likeness (QED) is 0.707. The SMILES string of the molecule is O=C(NCc1ccc2c(c1)OCO2)C1CCCN(c2nc3ccc(F)cc3s2)C1. The summed E-state index contributed by atoms with van der Waals surface area (Å²) < 4.78 is 25.0. The van der Waals surface area contributed by atoms with Crippen molar-refractivity contribution in [1.82, 2.24) is 10.3 Å². The number of carbonyl (C=O) groups is 1. The summed E-state index contributed by atoms with van der Waals surface area (Å²) in [7, 11) is 0.